The Morgan fingerprint density at radius 1 is 1.00 bits per heavy atom. The molecule has 0 saturated carbocycles. The Bertz CT molecular complexity index is 931. The Kier molecular flexibility index (Phi) is 6.75. The van der Waals surface area contributed by atoms with Crippen LogP contribution in [0.25, 0.3) is 0 Å². The lowest BCUT2D eigenvalue weighted by Gasteiger charge is -2.13. The van der Waals surface area contributed by atoms with E-state index in [1.807, 2.05) is 0 Å². The number of esters is 1. The molecule has 2 rings (SSSR count). The number of hydrogen-bond acceptors (Lipinski definition) is 7. The monoisotopic (exact) mass is 415 g/mol. The summed E-state index contributed by atoms with van der Waals surface area (Å²) in [4.78, 5) is 11.0. The Morgan fingerprint density at radius 3 is 2.26 bits per heavy atom. The van der Waals surface area contributed by atoms with Gasteiger partial charge in [-0.2, -0.15) is 0 Å². The maximum Gasteiger partial charge on any atom is 0.343 e. The second-order valence-corrected chi connectivity index (χ2v) is 7.22. The third-order valence-electron chi connectivity index (χ3n) is 3.42. The zero-order valence-corrected chi connectivity index (χ0v) is 16.4. The molecule has 1 N–H and O–H groups in total. The van der Waals surface area contributed by atoms with Crippen molar-refractivity contribution in [2.75, 3.05) is 32.7 Å². The highest BCUT2D eigenvalue weighted by atomic mass is 35.5. The average Bonchev–Trinajstić information content (AvgIpc) is 2.66. The van der Waals surface area contributed by atoms with Crippen molar-refractivity contribution in [3.05, 3.63) is 41.4 Å². The van der Waals surface area contributed by atoms with Gasteiger partial charge in [0.2, 0.25) is 0 Å². The number of hydrogen-bond donors (Lipinski definition) is 1. The number of benzene rings is 2. The molecule has 0 bridgehead atoms. The molecule has 27 heavy (non-hydrogen) atoms. The number of sulfonamides is 1. The van der Waals surface area contributed by atoms with E-state index in [2.05, 4.69) is 9.46 Å². The van der Waals surface area contributed by atoms with Crippen molar-refractivity contribution < 1.29 is 32.2 Å². The van der Waals surface area contributed by atoms with Crippen LogP contribution in [0, 0.1) is 0 Å². The minimum atomic E-state index is -3.91. The molecule has 10 heteroatoms. The lowest BCUT2D eigenvalue weighted by molar-refractivity contribution is -0.142. The molecule has 0 aliphatic heterocycles. The quantitative estimate of drug-likeness (QED) is 0.661. The predicted molar refractivity (Wildman–Crippen MR) is 99.3 cm³/mol. The van der Waals surface area contributed by atoms with Gasteiger partial charge in [-0.05, 0) is 30.3 Å². The third-order valence-corrected chi connectivity index (χ3v) is 5.10. The van der Waals surface area contributed by atoms with Crippen molar-refractivity contribution in [1.29, 1.82) is 0 Å². The van der Waals surface area contributed by atoms with Gasteiger partial charge in [0.05, 0.1) is 36.9 Å². The van der Waals surface area contributed by atoms with Crippen molar-refractivity contribution in [2.24, 2.45) is 0 Å². The van der Waals surface area contributed by atoms with E-state index in [0.29, 0.717) is 11.5 Å². The van der Waals surface area contributed by atoms with Gasteiger partial charge < -0.3 is 18.9 Å². The number of carbonyl (C=O) groups is 1. The van der Waals surface area contributed by atoms with Crippen LogP contribution in [-0.4, -0.2) is 42.3 Å². The third kappa shape index (κ3) is 5.18. The molecule has 0 amide bonds. The first-order valence-electron chi connectivity index (χ1n) is 7.54. The molecular weight excluding hydrogens is 398 g/mol. The van der Waals surface area contributed by atoms with Gasteiger partial charge in [-0.1, -0.05) is 11.6 Å². The van der Waals surface area contributed by atoms with E-state index in [4.69, 9.17) is 25.8 Å². The van der Waals surface area contributed by atoms with E-state index in [9.17, 15) is 13.2 Å². The SMILES string of the molecule is COC(=O)COc1ccc(S(=O)(=O)Nc2ccc(OC)c(OC)c2)cc1Cl. The van der Waals surface area contributed by atoms with Crippen molar-refractivity contribution in [3.63, 3.8) is 0 Å². The summed E-state index contributed by atoms with van der Waals surface area (Å²) in [6.45, 7) is -0.341. The zero-order valence-electron chi connectivity index (χ0n) is 14.8. The van der Waals surface area contributed by atoms with Gasteiger partial charge in [0.15, 0.2) is 18.1 Å². The van der Waals surface area contributed by atoms with Crippen LogP contribution in [0.1, 0.15) is 0 Å². The number of nitrogens with one attached hydrogen (secondary N) is 1. The number of rotatable bonds is 8. The normalized spacial score (nSPS) is 10.8. The fourth-order valence-electron chi connectivity index (χ4n) is 2.08. The largest absolute Gasteiger partial charge is 0.493 e. The van der Waals surface area contributed by atoms with E-state index in [-0.39, 0.29) is 28.0 Å². The molecule has 0 fully saturated rings. The van der Waals surface area contributed by atoms with Crippen LogP contribution in [-0.2, 0) is 19.6 Å². The molecule has 0 aromatic heterocycles. The van der Waals surface area contributed by atoms with Crippen molar-refractivity contribution in [3.8, 4) is 17.2 Å². The summed E-state index contributed by atoms with van der Waals surface area (Å²) in [5.41, 5.74) is 0.287. The fourth-order valence-corrected chi connectivity index (χ4v) is 3.45. The van der Waals surface area contributed by atoms with Gasteiger partial charge in [0.25, 0.3) is 10.0 Å². The first kappa shape index (κ1) is 20.7. The molecule has 0 aliphatic carbocycles. The summed E-state index contributed by atoms with van der Waals surface area (Å²) >= 11 is 6.05. The van der Waals surface area contributed by atoms with E-state index < -0.39 is 16.0 Å². The van der Waals surface area contributed by atoms with Crippen molar-refractivity contribution >= 4 is 33.3 Å². The maximum atomic E-state index is 12.6. The molecule has 0 heterocycles. The molecule has 0 saturated heterocycles. The number of anilines is 1. The van der Waals surface area contributed by atoms with Crippen LogP contribution < -0.4 is 18.9 Å². The van der Waals surface area contributed by atoms with E-state index in [0.717, 1.165) is 0 Å². The minimum absolute atomic E-state index is 0.0362. The lowest BCUT2D eigenvalue weighted by Crippen LogP contribution is -2.14. The van der Waals surface area contributed by atoms with Gasteiger partial charge in [0.1, 0.15) is 5.75 Å². The van der Waals surface area contributed by atoms with Gasteiger partial charge in [-0.15, -0.1) is 0 Å². The fraction of sp³-hybridized carbons (Fsp3) is 0.235. The topological polar surface area (TPSA) is 100 Å². The van der Waals surface area contributed by atoms with E-state index in [1.165, 1.54) is 51.7 Å². The van der Waals surface area contributed by atoms with Crippen molar-refractivity contribution in [2.45, 2.75) is 4.90 Å². The van der Waals surface area contributed by atoms with Crippen LogP contribution in [0.2, 0.25) is 5.02 Å². The Hall–Kier alpha value is -2.65. The summed E-state index contributed by atoms with van der Waals surface area (Å²) in [5.74, 6) is 0.419. The zero-order chi connectivity index (χ0) is 20.0. The van der Waals surface area contributed by atoms with Gasteiger partial charge >= 0.3 is 5.97 Å². The predicted octanol–water partition coefficient (Wildman–Crippen LogP) is 2.71. The lowest BCUT2D eigenvalue weighted by atomic mass is 10.3. The number of methoxy groups -OCH3 is 3. The van der Waals surface area contributed by atoms with Gasteiger partial charge in [-0.25, -0.2) is 13.2 Å². The summed E-state index contributed by atoms with van der Waals surface area (Å²) in [5, 5.41) is 0.0362. The van der Waals surface area contributed by atoms with Crippen LogP contribution in [0.4, 0.5) is 5.69 Å². The summed E-state index contributed by atoms with van der Waals surface area (Å²) in [6.07, 6.45) is 0. The molecule has 2 aromatic rings. The van der Waals surface area contributed by atoms with E-state index >= 15 is 0 Å². The Labute approximate surface area is 162 Å². The average molecular weight is 416 g/mol. The first-order chi connectivity index (χ1) is 12.8. The summed E-state index contributed by atoms with van der Waals surface area (Å²) < 4.78 is 47.5. The molecule has 0 radical (unpaired) electrons. The number of carbonyl (C=O) groups excluding carboxylic acids is 1. The molecule has 8 nitrogen and oxygen atoms in total. The summed E-state index contributed by atoms with van der Waals surface area (Å²) in [6, 6.07) is 8.49. The van der Waals surface area contributed by atoms with Gasteiger partial charge in [0, 0.05) is 6.07 Å². The molecule has 0 spiro atoms. The molecular formula is C17H18ClNO7S. The van der Waals surface area contributed by atoms with E-state index in [1.54, 1.807) is 6.07 Å². The van der Waals surface area contributed by atoms with Crippen LogP contribution >= 0.6 is 11.6 Å². The number of halogens is 1. The van der Waals surface area contributed by atoms with Crippen molar-refractivity contribution in [1.82, 2.24) is 0 Å². The molecule has 0 unspecified atom stereocenters. The second kappa shape index (κ2) is 8.83. The molecule has 2 aromatic carbocycles. The maximum absolute atomic E-state index is 12.6. The Morgan fingerprint density at radius 2 is 1.67 bits per heavy atom. The number of ether oxygens (including phenoxy) is 4. The second-order valence-electron chi connectivity index (χ2n) is 5.13. The van der Waals surface area contributed by atoms with Crippen LogP contribution in [0.15, 0.2) is 41.3 Å². The summed E-state index contributed by atoms with van der Waals surface area (Å²) in [7, 11) is 0.241. The molecule has 0 aliphatic rings. The molecule has 146 valence electrons. The highest BCUT2D eigenvalue weighted by Gasteiger charge is 2.18. The highest BCUT2D eigenvalue weighted by Crippen LogP contribution is 2.32. The first-order valence-corrected chi connectivity index (χ1v) is 9.41. The smallest absolute Gasteiger partial charge is 0.343 e. The standard InChI is InChI=1S/C17H18ClNO7S/c1-23-15-6-4-11(8-16(15)24-2)19-27(21,22)12-5-7-14(13(18)9-12)26-10-17(20)25-3/h4-9,19H,10H2,1-3H3. The van der Waals surface area contributed by atoms with Crippen LogP contribution in [0.3, 0.4) is 0 Å². The Balaban J connectivity index is 2.21. The minimum Gasteiger partial charge on any atom is -0.493 e. The highest BCUT2D eigenvalue weighted by molar-refractivity contribution is 7.92. The van der Waals surface area contributed by atoms with Gasteiger partial charge in [-0.3, -0.25) is 4.72 Å². The molecule has 0 atom stereocenters. The van der Waals surface area contributed by atoms with Crippen LogP contribution in [0.5, 0.6) is 17.2 Å².